The van der Waals surface area contributed by atoms with Crippen LogP contribution in [0.4, 0.5) is 5.82 Å². The molecule has 3 rings (SSSR count). The number of thioether (sulfide) groups is 1. The van der Waals surface area contributed by atoms with E-state index in [0.29, 0.717) is 17.5 Å². The van der Waals surface area contributed by atoms with Crippen LogP contribution < -0.4 is 21.9 Å². The molecule has 2 aromatic carbocycles. The number of aromatic nitrogens is 1. The number of ether oxygens (including phenoxy) is 1. The third-order valence-electron chi connectivity index (χ3n) is 5.47. The molecule has 0 radical (unpaired) electrons. The molecular weight excluding hydrogens is 476 g/mol. The Balaban J connectivity index is 2.38. The molecule has 36 heavy (non-hydrogen) atoms. The Morgan fingerprint density at radius 1 is 1.03 bits per heavy atom. The van der Waals surface area contributed by atoms with E-state index in [0.717, 1.165) is 11.8 Å². The maximum Gasteiger partial charge on any atom is 0.239 e. The first-order valence-electron chi connectivity index (χ1n) is 11.0. The van der Waals surface area contributed by atoms with Crippen LogP contribution in [-0.2, 0) is 14.3 Å². The minimum atomic E-state index is -1.82. The van der Waals surface area contributed by atoms with Crippen LogP contribution in [0, 0.1) is 22.7 Å². The Morgan fingerprint density at radius 2 is 1.61 bits per heavy atom. The molecule has 1 aromatic heterocycles. The highest BCUT2D eigenvalue weighted by Crippen LogP contribution is 2.52. The summed E-state index contributed by atoms with van der Waals surface area (Å²) >= 11 is 0.782. The summed E-state index contributed by atoms with van der Waals surface area (Å²) in [6, 6.07) is 20.9. The lowest BCUT2D eigenvalue weighted by Gasteiger charge is -2.36. The van der Waals surface area contributed by atoms with Crippen molar-refractivity contribution >= 4 is 29.4 Å². The number of nitrogens with zero attached hydrogens (tertiary/aromatic N) is 3. The van der Waals surface area contributed by atoms with Gasteiger partial charge in [0.1, 0.15) is 38.9 Å². The Labute approximate surface area is 212 Å². The summed E-state index contributed by atoms with van der Waals surface area (Å²) in [6.07, 6.45) is 0.605. The monoisotopic (exact) mass is 500 g/mol. The highest BCUT2D eigenvalue weighted by Gasteiger charge is 2.51. The van der Waals surface area contributed by atoms with Crippen LogP contribution in [-0.4, -0.2) is 23.4 Å². The molecule has 0 aliphatic heterocycles. The number of amides is 2. The summed E-state index contributed by atoms with van der Waals surface area (Å²) in [5, 5.41) is 19.6. The lowest BCUT2D eigenvalue weighted by Crippen LogP contribution is -2.48. The minimum Gasteiger partial charge on any atom is -0.491 e. The topological polar surface area (TPSA) is 182 Å². The van der Waals surface area contributed by atoms with E-state index >= 15 is 0 Å². The second-order valence-electron chi connectivity index (χ2n) is 7.77. The molecule has 2 atom stereocenters. The molecule has 6 N–H and O–H groups in total. The van der Waals surface area contributed by atoms with Gasteiger partial charge >= 0.3 is 0 Å². The van der Waals surface area contributed by atoms with Gasteiger partial charge in [-0.25, -0.2) is 4.98 Å². The van der Waals surface area contributed by atoms with E-state index in [1.165, 1.54) is 0 Å². The molecule has 0 aliphatic carbocycles. The van der Waals surface area contributed by atoms with Crippen LogP contribution in [0.5, 0.6) is 5.75 Å². The predicted octanol–water partition coefficient (Wildman–Crippen LogP) is 2.94. The van der Waals surface area contributed by atoms with Crippen molar-refractivity contribution in [2.75, 3.05) is 12.3 Å². The number of hydrogen-bond donors (Lipinski definition) is 3. The van der Waals surface area contributed by atoms with E-state index in [2.05, 4.69) is 4.98 Å². The van der Waals surface area contributed by atoms with Gasteiger partial charge in [-0.1, -0.05) is 79.3 Å². The van der Waals surface area contributed by atoms with Gasteiger partial charge in [-0.3, -0.25) is 9.59 Å². The Kier molecular flexibility index (Phi) is 8.15. The molecular formula is C26H24N6O3S. The maximum atomic E-state index is 13.4. The molecule has 10 heteroatoms. The molecule has 0 aliphatic rings. The molecule has 0 spiro atoms. The van der Waals surface area contributed by atoms with Crippen LogP contribution in [0.15, 0.2) is 65.7 Å². The number of carbonyl (C=O) groups excluding carboxylic acids is 2. The molecule has 9 nitrogen and oxygen atoms in total. The zero-order chi connectivity index (χ0) is 26.3. The fourth-order valence-electron chi connectivity index (χ4n) is 3.89. The zero-order valence-corrected chi connectivity index (χ0v) is 20.3. The lowest BCUT2D eigenvalue weighted by molar-refractivity contribution is -0.127. The third kappa shape index (κ3) is 4.81. The summed E-state index contributed by atoms with van der Waals surface area (Å²) < 4.78 is 3.88. The van der Waals surface area contributed by atoms with Crippen molar-refractivity contribution in [3.05, 3.63) is 82.9 Å². The first kappa shape index (κ1) is 26.1. The van der Waals surface area contributed by atoms with Gasteiger partial charge in [0.15, 0.2) is 5.75 Å². The molecule has 0 bridgehead atoms. The lowest BCUT2D eigenvalue weighted by atomic mass is 9.79. The van der Waals surface area contributed by atoms with E-state index in [9.17, 15) is 20.1 Å². The Hall–Kier alpha value is -4.54. The quantitative estimate of drug-likeness (QED) is 0.355. The van der Waals surface area contributed by atoms with Crippen LogP contribution in [0.3, 0.4) is 0 Å². The van der Waals surface area contributed by atoms with E-state index in [1.807, 2.05) is 19.1 Å². The number of carbonyl (C=O) groups is 2. The van der Waals surface area contributed by atoms with Crippen molar-refractivity contribution in [2.24, 2.45) is 11.5 Å². The number of nitriles is 2. The van der Waals surface area contributed by atoms with Gasteiger partial charge in [0.05, 0.1) is 12.5 Å². The fourth-order valence-corrected chi connectivity index (χ4v) is 5.30. The van der Waals surface area contributed by atoms with Crippen molar-refractivity contribution in [2.45, 2.75) is 29.0 Å². The standard InChI is InChI=1S/C26H24N6O3S/c1-2-13-35-21-18(14-27)22(29)32-24(19(21)15-28)36-26(25(31)34,17-11-7-4-8-12-17)20(23(30)33)16-9-5-3-6-10-16/h3-12,20H,2,13H2,1H3,(H2,29,32)(H2,30,33)(H2,31,34). The van der Waals surface area contributed by atoms with E-state index < -0.39 is 22.5 Å². The van der Waals surface area contributed by atoms with Crippen LogP contribution in [0.2, 0.25) is 0 Å². The van der Waals surface area contributed by atoms with Gasteiger partial charge in [-0.05, 0) is 17.5 Å². The Morgan fingerprint density at radius 3 is 2.11 bits per heavy atom. The van der Waals surface area contributed by atoms with Crippen molar-refractivity contribution in [3.63, 3.8) is 0 Å². The van der Waals surface area contributed by atoms with Crippen LogP contribution in [0.1, 0.15) is 41.5 Å². The van der Waals surface area contributed by atoms with Crippen molar-refractivity contribution in [1.29, 1.82) is 10.5 Å². The van der Waals surface area contributed by atoms with Crippen molar-refractivity contribution < 1.29 is 14.3 Å². The molecule has 0 fully saturated rings. The number of hydrogen-bond acceptors (Lipinski definition) is 8. The SMILES string of the molecule is CCCOc1c(C#N)c(N)nc(SC(C(N)=O)(c2ccccc2)C(C(N)=O)c2ccccc2)c1C#N. The molecule has 2 unspecified atom stereocenters. The Bertz CT molecular complexity index is 1350. The number of benzene rings is 2. The second kappa shape index (κ2) is 11.3. The van der Waals surface area contributed by atoms with Crippen LogP contribution in [0.25, 0.3) is 0 Å². The van der Waals surface area contributed by atoms with Crippen molar-refractivity contribution in [3.8, 4) is 17.9 Å². The largest absolute Gasteiger partial charge is 0.491 e. The maximum absolute atomic E-state index is 13.4. The molecule has 1 heterocycles. The van der Waals surface area contributed by atoms with E-state index in [4.69, 9.17) is 21.9 Å². The summed E-state index contributed by atoms with van der Waals surface area (Å²) in [6.45, 7) is 2.08. The van der Waals surface area contributed by atoms with Gasteiger partial charge in [-0.2, -0.15) is 10.5 Å². The number of primary amides is 2. The normalized spacial score (nSPS) is 13.0. The molecule has 2 amide bonds. The number of nitrogen functional groups attached to an aromatic ring is 1. The van der Waals surface area contributed by atoms with Gasteiger partial charge < -0.3 is 21.9 Å². The minimum absolute atomic E-state index is 0.0232. The highest BCUT2D eigenvalue weighted by molar-refractivity contribution is 8.01. The summed E-state index contributed by atoms with van der Waals surface area (Å²) in [5.41, 5.74) is 18.6. The van der Waals surface area contributed by atoms with Gasteiger partial charge in [0.25, 0.3) is 0 Å². The summed E-state index contributed by atoms with van der Waals surface area (Å²) in [4.78, 5) is 30.6. The first-order valence-corrected chi connectivity index (χ1v) is 11.8. The molecule has 0 saturated heterocycles. The van der Waals surface area contributed by atoms with Crippen LogP contribution >= 0.6 is 11.8 Å². The summed E-state index contributed by atoms with van der Waals surface area (Å²) in [5.74, 6) is -3.16. The van der Waals surface area contributed by atoms with Gasteiger partial charge in [0.2, 0.25) is 11.8 Å². The smallest absolute Gasteiger partial charge is 0.239 e. The second-order valence-corrected chi connectivity index (χ2v) is 9.00. The molecule has 3 aromatic rings. The number of rotatable bonds is 10. The molecule has 182 valence electrons. The number of nitrogens with two attached hydrogens (primary N) is 3. The predicted molar refractivity (Wildman–Crippen MR) is 135 cm³/mol. The number of pyridine rings is 1. The zero-order valence-electron chi connectivity index (χ0n) is 19.5. The van der Waals surface area contributed by atoms with Gasteiger partial charge in [0, 0.05) is 0 Å². The first-order chi connectivity index (χ1) is 17.3. The average Bonchev–Trinajstić information content (AvgIpc) is 2.87. The summed E-state index contributed by atoms with van der Waals surface area (Å²) in [7, 11) is 0. The molecule has 0 saturated carbocycles. The number of anilines is 1. The van der Waals surface area contributed by atoms with Gasteiger partial charge in [-0.15, -0.1) is 0 Å². The highest BCUT2D eigenvalue weighted by atomic mass is 32.2. The van der Waals surface area contributed by atoms with E-state index in [-0.39, 0.29) is 34.3 Å². The van der Waals surface area contributed by atoms with E-state index in [1.54, 1.807) is 60.7 Å². The average molecular weight is 501 g/mol. The third-order valence-corrected chi connectivity index (χ3v) is 6.95. The fraction of sp³-hybridized carbons (Fsp3) is 0.192. The van der Waals surface area contributed by atoms with Crippen molar-refractivity contribution in [1.82, 2.24) is 4.98 Å².